The summed E-state index contributed by atoms with van der Waals surface area (Å²) in [5, 5.41) is 19.8. The van der Waals surface area contributed by atoms with Gasteiger partial charge in [0, 0.05) is 12.0 Å². The molecule has 0 aliphatic rings. The zero-order valence-electron chi connectivity index (χ0n) is 10.7. The maximum Gasteiger partial charge on any atom is 0.331 e. The standard InChI is InChI=1S/C16H14O4/c17-15(18)9-8-13(16(19)20)10-12-6-3-5-11-4-1-2-7-14(11)12/h1-8H,9-10H2,(H,17,18)(H,19,20)/b13-8+. The topological polar surface area (TPSA) is 74.6 Å². The Kier molecular flexibility index (Phi) is 4.15. The number of carboxylic acid groups (broad SMARTS) is 2. The van der Waals surface area contributed by atoms with Gasteiger partial charge in [-0.25, -0.2) is 4.79 Å². The van der Waals surface area contributed by atoms with Gasteiger partial charge >= 0.3 is 11.9 Å². The van der Waals surface area contributed by atoms with Crippen LogP contribution >= 0.6 is 0 Å². The molecule has 0 unspecified atom stereocenters. The van der Waals surface area contributed by atoms with Crippen molar-refractivity contribution in [3.63, 3.8) is 0 Å². The lowest BCUT2D eigenvalue weighted by atomic mass is 9.98. The van der Waals surface area contributed by atoms with Crippen LogP contribution in [0.4, 0.5) is 0 Å². The number of rotatable bonds is 5. The Balaban J connectivity index is 2.36. The third kappa shape index (κ3) is 3.23. The summed E-state index contributed by atoms with van der Waals surface area (Å²) < 4.78 is 0. The molecule has 0 spiro atoms. The van der Waals surface area contributed by atoms with Crippen molar-refractivity contribution in [2.45, 2.75) is 12.8 Å². The second kappa shape index (κ2) is 6.02. The van der Waals surface area contributed by atoms with Crippen LogP contribution in [-0.4, -0.2) is 22.2 Å². The lowest BCUT2D eigenvalue weighted by Gasteiger charge is -2.07. The first-order chi connectivity index (χ1) is 9.58. The Labute approximate surface area is 116 Å². The van der Waals surface area contributed by atoms with Crippen LogP contribution in [0.2, 0.25) is 0 Å². The molecule has 0 aromatic heterocycles. The van der Waals surface area contributed by atoms with Crippen LogP contribution in [0, 0.1) is 0 Å². The number of hydrogen-bond donors (Lipinski definition) is 2. The van der Waals surface area contributed by atoms with E-state index in [2.05, 4.69) is 0 Å². The summed E-state index contributed by atoms with van der Waals surface area (Å²) >= 11 is 0. The fourth-order valence-electron chi connectivity index (χ4n) is 2.10. The number of carbonyl (C=O) groups is 2. The molecule has 4 nitrogen and oxygen atoms in total. The van der Waals surface area contributed by atoms with Crippen molar-refractivity contribution in [1.82, 2.24) is 0 Å². The van der Waals surface area contributed by atoms with Crippen LogP contribution in [0.15, 0.2) is 54.1 Å². The van der Waals surface area contributed by atoms with Crippen molar-refractivity contribution >= 4 is 22.7 Å². The Morgan fingerprint density at radius 2 is 1.70 bits per heavy atom. The van der Waals surface area contributed by atoms with Gasteiger partial charge in [-0.3, -0.25) is 4.79 Å². The summed E-state index contributed by atoms with van der Waals surface area (Å²) in [5.74, 6) is -2.12. The molecule has 0 aliphatic heterocycles. The lowest BCUT2D eigenvalue weighted by molar-refractivity contribution is -0.136. The Morgan fingerprint density at radius 3 is 2.40 bits per heavy atom. The highest BCUT2D eigenvalue weighted by atomic mass is 16.4. The van der Waals surface area contributed by atoms with Crippen molar-refractivity contribution in [1.29, 1.82) is 0 Å². The van der Waals surface area contributed by atoms with Gasteiger partial charge in [-0.1, -0.05) is 48.5 Å². The third-order valence-electron chi connectivity index (χ3n) is 3.06. The van der Waals surface area contributed by atoms with Gasteiger partial charge in [0.2, 0.25) is 0 Å². The first-order valence-corrected chi connectivity index (χ1v) is 6.18. The number of fused-ring (bicyclic) bond motifs is 1. The number of aliphatic carboxylic acids is 2. The first-order valence-electron chi connectivity index (χ1n) is 6.18. The van der Waals surface area contributed by atoms with Gasteiger partial charge < -0.3 is 10.2 Å². The summed E-state index contributed by atoms with van der Waals surface area (Å²) in [7, 11) is 0. The molecule has 2 rings (SSSR count). The average molecular weight is 270 g/mol. The van der Waals surface area contributed by atoms with Crippen molar-refractivity contribution in [2.75, 3.05) is 0 Å². The van der Waals surface area contributed by atoms with E-state index in [1.54, 1.807) is 0 Å². The Hall–Kier alpha value is -2.62. The monoisotopic (exact) mass is 270 g/mol. The molecular weight excluding hydrogens is 256 g/mol. The number of hydrogen-bond acceptors (Lipinski definition) is 2. The van der Waals surface area contributed by atoms with Gasteiger partial charge in [0.15, 0.2) is 0 Å². The molecule has 2 N–H and O–H groups in total. The van der Waals surface area contributed by atoms with Gasteiger partial charge in [-0.15, -0.1) is 0 Å². The van der Waals surface area contributed by atoms with Crippen LogP contribution in [0.25, 0.3) is 10.8 Å². The van der Waals surface area contributed by atoms with Gasteiger partial charge in [0.05, 0.1) is 6.42 Å². The summed E-state index contributed by atoms with van der Waals surface area (Å²) in [5.41, 5.74) is 0.978. The van der Waals surface area contributed by atoms with E-state index in [1.165, 1.54) is 6.08 Å². The van der Waals surface area contributed by atoms with Crippen molar-refractivity contribution in [2.24, 2.45) is 0 Å². The molecule has 0 bridgehead atoms. The molecule has 0 aliphatic carbocycles. The van der Waals surface area contributed by atoms with E-state index in [-0.39, 0.29) is 18.4 Å². The highest BCUT2D eigenvalue weighted by molar-refractivity contribution is 5.91. The molecule has 2 aromatic carbocycles. The molecule has 20 heavy (non-hydrogen) atoms. The Bertz CT molecular complexity index is 680. The molecule has 4 heteroatoms. The molecule has 0 atom stereocenters. The number of carboxylic acids is 2. The average Bonchev–Trinajstić information content (AvgIpc) is 2.43. The van der Waals surface area contributed by atoms with Gasteiger partial charge in [0.1, 0.15) is 0 Å². The van der Waals surface area contributed by atoms with E-state index in [1.807, 2.05) is 42.5 Å². The smallest absolute Gasteiger partial charge is 0.331 e. The highest BCUT2D eigenvalue weighted by Crippen LogP contribution is 2.21. The van der Waals surface area contributed by atoms with Crippen LogP contribution in [-0.2, 0) is 16.0 Å². The second-order valence-electron chi connectivity index (χ2n) is 4.45. The minimum atomic E-state index is -1.08. The van der Waals surface area contributed by atoms with Crippen molar-refractivity contribution in [3.05, 3.63) is 59.7 Å². The number of benzene rings is 2. The third-order valence-corrected chi connectivity index (χ3v) is 3.06. The molecule has 0 fully saturated rings. The Morgan fingerprint density at radius 1 is 1.00 bits per heavy atom. The lowest BCUT2D eigenvalue weighted by Crippen LogP contribution is -2.05. The predicted octanol–water partition coefficient (Wildman–Crippen LogP) is 2.87. The SMILES string of the molecule is O=C(O)C/C=C(\Cc1cccc2ccccc12)C(=O)O. The largest absolute Gasteiger partial charge is 0.481 e. The maximum absolute atomic E-state index is 11.2. The van der Waals surface area contributed by atoms with E-state index < -0.39 is 11.9 Å². The molecule has 0 heterocycles. The van der Waals surface area contributed by atoms with Crippen LogP contribution in [0.1, 0.15) is 12.0 Å². The molecule has 0 saturated heterocycles. The maximum atomic E-state index is 11.2. The van der Waals surface area contributed by atoms with E-state index in [0.717, 1.165) is 16.3 Å². The van der Waals surface area contributed by atoms with Gasteiger partial charge in [0.25, 0.3) is 0 Å². The van der Waals surface area contributed by atoms with E-state index >= 15 is 0 Å². The summed E-state index contributed by atoms with van der Waals surface area (Å²) in [4.78, 5) is 21.7. The van der Waals surface area contributed by atoms with E-state index in [4.69, 9.17) is 10.2 Å². The zero-order chi connectivity index (χ0) is 14.5. The summed E-state index contributed by atoms with van der Waals surface area (Å²) in [6.45, 7) is 0. The normalized spacial score (nSPS) is 11.5. The molecule has 0 amide bonds. The highest BCUT2D eigenvalue weighted by Gasteiger charge is 2.11. The molecule has 0 saturated carbocycles. The van der Waals surface area contributed by atoms with Gasteiger partial charge in [-0.05, 0) is 16.3 Å². The van der Waals surface area contributed by atoms with E-state index in [9.17, 15) is 9.59 Å². The zero-order valence-corrected chi connectivity index (χ0v) is 10.7. The minimum Gasteiger partial charge on any atom is -0.481 e. The molecule has 102 valence electrons. The van der Waals surface area contributed by atoms with Crippen molar-refractivity contribution < 1.29 is 19.8 Å². The quantitative estimate of drug-likeness (QED) is 0.819. The van der Waals surface area contributed by atoms with Crippen LogP contribution in [0.5, 0.6) is 0 Å². The van der Waals surface area contributed by atoms with Crippen LogP contribution in [0.3, 0.4) is 0 Å². The summed E-state index contributed by atoms with van der Waals surface area (Å²) in [6.07, 6.45) is 1.18. The van der Waals surface area contributed by atoms with E-state index in [0.29, 0.717) is 0 Å². The molecule has 0 radical (unpaired) electrons. The first kappa shape index (κ1) is 13.8. The van der Waals surface area contributed by atoms with Crippen LogP contribution < -0.4 is 0 Å². The van der Waals surface area contributed by atoms with Gasteiger partial charge in [-0.2, -0.15) is 0 Å². The minimum absolute atomic E-state index is 0.101. The fourth-order valence-corrected chi connectivity index (χ4v) is 2.10. The predicted molar refractivity (Wildman–Crippen MR) is 75.6 cm³/mol. The summed E-state index contributed by atoms with van der Waals surface area (Å²) in [6, 6.07) is 13.4. The molecular formula is C16H14O4. The molecule has 2 aromatic rings. The fraction of sp³-hybridized carbons (Fsp3) is 0.125. The second-order valence-corrected chi connectivity index (χ2v) is 4.45. The van der Waals surface area contributed by atoms with Crippen molar-refractivity contribution in [3.8, 4) is 0 Å².